The first-order chi connectivity index (χ1) is 9.38. The summed E-state index contributed by atoms with van der Waals surface area (Å²) in [6, 6.07) is 0. The molecule has 0 radical (unpaired) electrons. The first-order valence-corrected chi connectivity index (χ1v) is 7.19. The molecule has 1 saturated heterocycles. The molecular formula is C16H20O4. The lowest BCUT2D eigenvalue weighted by atomic mass is 9.68. The third-order valence-electron chi connectivity index (χ3n) is 4.81. The summed E-state index contributed by atoms with van der Waals surface area (Å²) in [5.74, 6) is 0.343. The Labute approximate surface area is 118 Å². The van der Waals surface area contributed by atoms with Crippen LogP contribution in [0.3, 0.4) is 0 Å². The van der Waals surface area contributed by atoms with Crippen LogP contribution in [0, 0.1) is 11.8 Å². The fourth-order valence-electron chi connectivity index (χ4n) is 3.71. The maximum absolute atomic E-state index is 12.3. The highest BCUT2D eigenvalue weighted by molar-refractivity contribution is 6.08. The molecule has 0 unspecified atom stereocenters. The van der Waals surface area contributed by atoms with Crippen molar-refractivity contribution in [2.45, 2.75) is 45.3 Å². The largest absolute Gasteiger partial charge is 0.480 e. The van der Waals surface area contributed by atoms with Crippen LogP contribution in [0.25, 0.3) is 0 Å². The molecule has 2 aliphatic heterocycles. The van der Waals surface area contributed by atoms with Crippen molar-refractivity contribution < 1.29 is 19.1 Å². The van der Waals surface area contributed by atoms with Crippen molar-refractivity contribution in [1.29, 1.82) is 0 Å². The van der Waals surface area contributed by atoms with E-state index in [0.29, 0.717) is 17.8 Å². The fourth-order valence-corrected chi connectivity index (χ4v) is 3.71. The number of rotatable bonds is 3. The number of ketones is 2. The van der Waals surface area contributed by atoms with Crippen molar-refractivity contribution in [3.8, 4) is 0 Å². The standard InChI is InChI=1S/C16H20O4/c1-5-15-7-6-11(18)12-13(9(2)3)20-16(8-19-15,10(4)17)14(12)15/h6-7,9,14H,5,8H2,1-4H3/t14-,15+,16-/m1/s1. The van der Waals surface area contributed by atoms with Gasteiger partial charge in [0, 0.05) is 11.5 Å². The second-order valence-corrected chi connectivity index (χ2v) is 6.21. The van der Waals surface area contributed by atoms with E-state index in [1.807, 2.05) is 26.8 Å². The van der Waals surface area contributed by atoms with Gasteiger partial charge in [-0.15, -0.1) is 0 Å². The van der Waals surface area contributed by atoms with Gasteiger partial charge in [0.15, 0.2) is 17.2 Å². The van der Waals surface area contributed by atoms with Crippen LogP contribution in [0.4, 0.5) is 0 Å². The smallest absolute Gasteiger partial charge is 0.199 e. The summed E-state index contributed by atoms with van der Waals surface area (Å²) in [5, 5.41) is 0. The fraction of sp³-hybridized carbons (Fsp3) is 0.625. The summed E-state index contributed by atoms with van der Waals surface area (Å²) in [5.41, 5.74) is -0.936. The Hall–Kier alpha value is -1.42. The van der Waals surface area contributed by atoms with E-state index < -0.39 is 11.2 Å². The molecule has 1 aliphatic carbocycles. The van der Waals surface area contributed by atoms with Gasteiger partial charge in [-0.05, 0) is 25.5 Å². The molecule has 4 heteroatoms. The third kappa shape index (κ3) is 1.40. The molecule has 108 valence electrons. The molecule has 1 fully saturated rings. The lowest BCUT2D eigenvalue weighted by molar-refractivity contribution is -0.138. The van der Waals surface area contributed by atoms with Crippen molar-refractivity contribution in [3.05, 3.63) is 23.5 Å². The van der Waals surface area contributed by atoms with Gasteiger partial charge in [-0.3, -0.25) is 9.59 Å². The highest BCUT2D eigenvalue weighted by atomic mass is 16.6. The first-order valence-electron chi connectivity index (χ1n) is 7.19. The van der Waals surface area contributed by atoms with Crippen molar-refractivity contribution in [1.82, 2.24) is 0 Å². The van der Waals surface area contributed by atoms with Gasteiger partial charge in [0.2, 0.25) is 0 Å². The average Bonchev–Trinajstić information content (AvgIpc) is 2.92. The van der Waals surface area contributed by atoms with E-state index >= 15 is 0 Å². The molecule has 0 aromatic rings. The van der Waals surface area contributed by atoms with Gasteiger partial charge in [-0.25, -0.2) is 0 Å². The monoisotopic (exact) mass is 276 g/mol. The number of hydrogen-bond acceptors (Lipinski definition) is 4. The van der Waals surface area contributed by atoms with E-state index in [1.165, 1.54) is 6.92 Å². The molecule has 0 N–H and O–H groups in total. The van der Waals surface area contributed by atoms with E-state index in [1.54, 1.807) is 6.08 Å². The van der Waals surface area contributed by atoms with Crippen LogP contribution in [0.5, 0.6) is 0 Å². The summed E-state index contributed by atoms with van der Waals surface area (Å²) in [4.78, 5) is 24.6. The van der Waals surface area contributed by atoms with Gasteiger partial charge >= 0.3 is 0 Å². The maximum Gasteiger partial charge on any atom is 0.199 e. The predicted octanol–water partition coefficient (Wildman–Crippen LogP) is 2.19. The number of ether oxygens (including phenoxy) is 2. The van der Waals surface area contributed by atoms with Gasteiger partial charge in [-0.1, -0.05) is 20.8 Å². The van der Waals surface area contributed by atoms with Crippen LogP contribution in [0.2, 0.25) is 0 Å². The molecule has 0 spiro atoms. The van der Waals surface area contributed by atoms with Gasteiger partial charge in [0.1, 0.15) is 5.76 Å². The molecule has 0 saturated carbocycles. The minimum absolute atomic E-state index is 0.0450. The van der Waals surface area contributed by atoms with E-state index in [2.05, 4.69) is 0 Å². The molecule has 3 atom stereocenters. The Morgan fingerprint density at radius 2 is 2.20 bits per heavy atom. The molecule has 3 aliphatic rings. The van der Waals surface area contributed by atoms with E-state index in [9.17, 15) is 9.59 Å². The van der Waals surface area contributed by atoms with Crippen LogP contribution in [-0.4, -0.2) is 29.4 Å². The third-order valence-corrected chi connectivity index (χ3v) is 4.81. The highest BCUT2D eigenvalue weighted by Crippen LogP contribution is 2.57. The highest BCUT2D eigenvalue weighted by Gasteiger charge is 2.68. The molecule has 20 heavy (non-hydrogen) atoms. The minimum atomic E-state index is -1.01. The zero-order valence-corrected chi connectivity index (χ0v) is 12.4. The molecular weight excluding hydrogens is 256 g/mol. The Morgan fingerprint density at radius 3 is 2.75 bits per heavy atom. The molecule has 3 rings (SSSR count). The zero-order chi connectivity index (χ0) is 14.7. The zero-order valence-electron chi connectivity index (χ0n) is 12.4. The normalized spacial score (nSPS) is 38.5. The van der Waals surface area contributed by atoms with E-state index in [4.69, 9.17) is 9.47 Å². The summed E-state index contributed by atoms with van der Waals surface area (Å²) >= 11 is 0. The van der Waals surface area contributed by atoms with E-state index in [-0.39, 0.29) is 30.0 Å². The summed E-state index contributed by atoms with van der Waals surface area (Å²) in [6.45, 7) is 7.73. The Balaban J connectivity index is 2.25. The van der Waals surface area contributed by atoms with Crippen LogP contribution >= 0.6 is 0 Å². The van der Waals surface area contributed by atoms with Crippen LogP contribution in [0.1, 0.15) is 34.1 Å². The lowest BCUT2D eigenvalue weighted by Gasteiger charge is -2.35. The number of carbonyl (C=O) groups excluding carboxylic acids is 2. The minimum Gasteiger partial charge on any atom is -0.480 e. The Bertz CT molecular complexity index is 557. The number of allylic oxidation sites excluding steroid dienone is 2. The second-order valence-electron chi connectivity index (χ2n) is 6.21. The number of hydrogen-bond donors (Lipinski definition) is 0. The van der Waals surface area contributed by atoms with Crippen LogP contribution in [0.15, 0.2) is 23.5 Å². The van der Waals surface area contributed by atoms with Gasteiger partial charge in [0.25, 0.3) is 0 Å². The molecule has 0 amide bonds. The molecule has 0 aromatic carbocycles. The number of carbonyl (C=O) groups is 2. The molecule has 4 nitrogen and oxygen atoms in total. The average molecular weight is 276 g/mol. The summed E-state index contributed by atoms with van der Waals surface area (Å²) < 4.78 is 12.0. The van der Waals surface area contributed by atoms with Crippen molar-refractivity contribution in [2.75, 3.05) is 6.61 Å². The van der Waals surface area contributed by atoms with Gasteiger partial charge < -0.3 is 9.47 Å². The van der Waals surface area contributed by atoms with Crippen molar-refractivity contribution in [3.63, 3.8) is 0 Å². The van der Waals surface area contributed by atoms with Gasteiger partial charge in [0.05, 0.1) is 18.1 Å². The molecule has 0 bridgehead atoms. The van der Waals surface area contributed by atoms with Crippen LogP contribution < -0.4 is 0 Å². The Kier molecular flexibility index (Phi) is 2.74. The first kappa shape index (κ1) is 13.6. The number of Topliss-reactive ketones (excluding diaryl/α,β-unsaturated/α-hetero) is 1. The topological polar surface area (TPSA) is 52.6 Å². The quantitative estimate of drug-likeness (QED) is 0.793. The van der Waals surface area contributed by atoms with Crippen molar-refractivity contribution >= 4 is 11.6 Å². The van der Waals surface area contributed by atoms with Crippen molar-refractivity contribution in [2.24, 2.45) is 11.8 Å². The molecule has 2 heterocycles. The maximum atomic E-state index is 12.3. The lowest BCUT2D eigenvalue weighted by Crippen LogP contribution is -2.49. The predicted molar refractivity (Wildman–Crippen MR) is 73.0 cm³/mol. The van der Waals surface area contributed by atoms with E-state index in [0.717, 1.165) is 0 Å². The Morgan fingerprint density at radius 1 is 1.50 bits per heavy atom. The second kappa shape index (κ2) is 4.04. The summed E-state index contributed by atoms with van der Waals surface area (Å²) in [7, 11) is 0. The summed E-state index contributed by atoms with van der Waals surface area (Å²) in [6.07, 6.45) is 4.11. The SMILES string of the molecule is CC[C@@]12C=CC(=O)C3=C(C(C)C)O[C@@](C(C)=O)(CO1)[C@H]32. The molecule has 0 aromatic heterocycles. The van der Waals surface area contributed by atoms with Gasteiger partial charge in [-0.2, -0.15) is 0 Å². The van der Waals surface area contributed by atoms with Crippen LogP contribution in [-0.2, 0) is 19.1 Å².